The quantitative estimate of drug-likeness (QED) is 0.482. The fraction of sp³-hybridized carbons (Fsp3) is 0. The van der Waals surface area contributed by atoms with Crippen molar-refractivity contribution in [2.75, 3.05) is 0 Å². The summed E-state index contributed by atoms with van der Waals surface area (Å²) < 4.78 is 10.3. The van der Waals surface area contributed by atoms with Crippen LogP contribution in [-0.2, 0) is 11.3 Å². The normalized spacial score (nSPS) is 8.50. The predicted octanol–water partition coefficient (Wildman–Crippen LogP) is -0.450. The van der Waals surface area contributed by atoms with E-state index in [0.29, 0.717) is 16.0 Å². The number of hydrogen-bond donors (Lipinski definition) is 1. The minimum atomic E-state index is 0.312. The van der Waals surface area contributed by atoms with Gasteiger partial charge in [0.1, 0.15) is 17.6 Å². The third-order valence-electron chi connectivity index (χ3n) is 0.583. The number of nitrogens with one attached hydrogen (secondary N) is 1. The Morgan fingerprint density at radius 1 is 1.75 bits per heavy atom. The molecule has 8 heavy (non-hydrogen) atoms. The summed E-state index contributed by atoms with van der Waals surface area (Å²) >= 11 is 0.312. The van der Waals surface area contributed by atoms with Crippen molar-refractivity contribution in [1.29, 1.82) is 0 Å². The zero-order chi connectivity index (χ0) is 5.82. The lowest BCUT2D eigenvalue weighted by Gasteiger charge is -1.75. The fourth-order valence-corrected chi connectivity index (χ4v) is 0.485. The summed E-state index contributed by atoms with van der Waals surface area (Å²) in [5, 5.41) is 0. The Hall–Kier alpha value is -0.970. The molecule has 0 atom stereocenters. The van der Waals surface area contributed by atoms with E-state index >= 15 is 0 Å². The Morgan fingerprint density at radius 2 is 2.62 bits per heavy atom. The van der Waals surface area contributed by atoms with Gasteiger partial charge in [0.25, 0.3) is 0 Å². The van der Waals surface area contributed by atoms with Crippen molar-refractivity contribution in [2.24, 2.45) is 0 Å². The highest BCUT2D eigenvalue weighted by atomic mass is 32.1. The van der Waals surface area contributed by atoms with Gasteiger partial charge in [-0.1, -0.05) is 0 Å². The molecule has 1 heterocycles. The zero-order valence-corrected chi connectivity index (χ0v) is 4.68. The lowest BCUT2D eigenvalue weighted by Crippen LogP contribution is -1.81. The van der Waals surface area contributed by atoms with Crippen LogP contribution in [0.5, 0.6) is 0 Å². The van der Waals surface area contributed by atoms with Gasteiger partial charge in [-0.25, -0.2) is 14.2 Å². The largest absolute Gasteiger partial charge is 0.320 e. The standard InChI is InChI=1S/C3H3N3OS/c7-8-3-5-1-4-2-6-3/h1-2H,(H,4,5,6). The van der Waals surface area contributed by atoms with Gasteiger partial charge in [-0.2, -0.15) is 0 Å². The second kappa shape index (κ2) is 2.37. The van der Waals surface area contributed by atoms with Crippen LogP contribution in [0, 0.1) is 4.77 Å². The molecule has 0 spiro atoms. The maximum absolute atomic E-state index is 9.93. The van der Waals surface area contributed by atoms with E-state index in [4.69, 9.17) is 0 Å². The molecular formula is C3H3N3OS. The lowest BCUT2D eigenvalue weighted by molar-refractivity contribution is 0.698. The number of hydrogen-bond acceptors (Lipinski definition) is 3. The maximum Gasteiger partial charge on any atom is 0.229 e. The van der Waals surface area contributed by atoms with Gasteiger partial charge in [-0.15, -0.1) is 0 Å². The third kappa shape index (κ3) is 1.00. The Balaban J connectivity index is 3.41. The van der Waals surface area contributed by atoms with Gasteiger partial charge in [0, 0.05) is 0 Å². The van der Waals surface area contributed by atoms with Crippen LogP contribution < -0.4 is 0 Å². The highest BCUT2D eigenvalue weighted by Crippen LogP contribution is 1.64. The molecule has 0 aliphatic heterocycles. The van der Waals surface area contributed by atoms with Crippen LogP contribution >= 0.6 is 0 Å². The minimum Gasteiger partial charge on any atom is -0.320 e. The smallest absolute Gasteiger partial charge is 0.229 e. The summed E-state index contributed by atoms with van der Waals surface area (Å²) in [6.45, 7) is 0. The zero-order valence-electron chi connectivity index (χ0n) is 3.87. The molecule has 4 nitrogen and oxygen atoms in total. The maximum atomic E-state index is 9.93. The van der Waals surface area contributed by atoms with E-state index in [2.05, 4.69) is 15.0 Å². The summed E-state index contributed by atoms with van der Waals surface area (Å²) in [5.74, 6) is 0. The molecule has 0 aromatic carbocycles. The van der Waals surface area contributed by atoms with Crippen LogP contribution in [0.3, 0.4) is 0 Å². The molecule has 0 fully saturated rings. The second-order valence-electron chi connectivity index (χ2n) is 1.06. The molecule has 1 rings (SSSR count). The van der Waals surface area contributed by atoms with Gasteiger partial charge in [0.2, 0.25) is 4.77 Å². The van der Waals surface area contributed by atoms with E-state index in [0.717, 1.165) is 0 Å². The van der Waals surface area contributed by atoms with Gasteiger partial charge < -0.3 is 4.98 Å². The summed E-state index contributed by atoms with van der Waals surface area (Å²) in [6.07, 6.45) is 2.73. The van der Waals surface area contributed by atoms with Crippen LogP contribution in [0.15, 0.2) is 12.7 Å². The molecule has 1 aromatic rings. The van der Waals surface area contributed by atoms with Crippen molar-refractivity contribution >= 4 is 11.3 Å². The Morgan fingerprint density at radius 3 is 3.00 bits per heavy atom. The van der Waals surface area contributed by atoms with E-state index in [-0.39, 0.29) is 0 Å². The molecule has 0 radical (unpaired) electrons. The molecule has 0 aliphatic carbocycles. The highest BCUT2D eigenvalue weighted by Gasteiger charge is 1.71. The highest BCUT2D eigenvalue weighted by molar-refractivity contribution is 7.56. The monoisotopic (exact) mass is 129 g/mol. The molecule has 0 unspecified atom stereocenters. The first-order valence-corrected chi connectivity index (χ1v) is 2.65. The SMILES string of the molecule is O=S=c1ncnc[nH]1. The predicted molar refractivity (Wildman–Crippen MR) is 27.8 cm³/mol. The molecule has 0 aliphatic rings. The second-order valence-corrected chi connectivity index (χ2v) is 1.61. The molecule has 0 saturated heterocycles. The van der Waals surface area contributed by atoms with E-state index in [1.54, 1.807) is 0 Å². The molecule has 0 amide bonds. The number of aromatic amines is 1. The first-order valence-electron chi connectivity index (χ1n) is 1.91. The molecule has 42 valence electrons. The summed E-state index contributed by atoms with van der Waals surface area (Å²) in [5.41, 5.74) is 0. The average molecular weight is 129 g/mol. The molecule has 5 heteroatoms. The summed E-state index contributed by atoms with van der Waals surface area (Å²) in [4.78, 5) is 9.70. The number of rotatable bonds is 0. The molecule has 1 aromatic heterocycles. The third-order valence-corrected chi connectivity index (χ3v) is 0.964. The topological polar surface area (TPSA) is 58.6 Å². The van der Waals surface area contributed by atoms with Crippen molar-refractivity contribution in [3.63, 3.8) is 0 Å². The van der Waals surface area contributed by atoms with Gasteiger partial charge in [-0.3, -0.25) is 0 Å². The van der Waals surface area contributed by atoms with E-state index < -0.39 is 0 Å². The van der Waals surface area contributed by atoms with E-state index in [9.17, 15) is 4.21 Å². The van der Waals surface area contributed by atoms with Gasteiger partial charge >= 0.3 is 0 Å². The first kappa shape index (κ1) is 5.17. The average Bonchev–Trinajstić information content (AvgIpc) is 1.90. The van der Waals surface area contributed by atoms with Gasteiger partial charge in [0.05, 0.1) is 6.33 Å². The lowest BCUT2D eigenvalue weighted by atomic mass is 11.1. The number of aromatic nitrogens is 3. The minimum absolute atomic E-state index is 0.312. The van der Waals surface area contributed by atoms with Gasteiger partial charge in [0.15, 0.2) is 0 Å². The molecular weight excluding hydrogens is 126 g/mol. The molecule has 0 bridgehead atoms. The van der Waals surface area contributed by atoms with Crippen molar-refractivity contribution in [1.82, 2.24) is 15.0 Å². The molecule has 0 saturated carbocycles. The Labute approximate surface area is 48.7 Å². The fourth-order valence-electron chi connectivity index (χ4n) is 0.294. The van der Waals surface area contributed by atoms with Crippen molar-refractivity contribution in [2.45, 2.75) is 0 Å². The van der Waals surface area contributed by atoms with Crippen LogP contribution in [0.1, 0.15) is 0 Å². The Kier molecular flexibility index (Phi) is 1.53. The number of nitrogens with zero attached hydrogens (tertiary/aromatic N) is 2. The summed E-state index contributed by atoms with van der Waals surface area (Å²) in [6, 6.07) is 0. The summed E-state index contributed by atoms with van der Waals surface area (Å²) in [7, 11) is 0. The van der Waals surface area contributed by atoms with Crippen LogP contribution in [0.25, 0.3) is 0 Å². The van der Waals surface area contributed by atoms with Crippen molar-refractivity contribution in [3.8, 4) is 0 Å². The Bertz CT molecular complexity index is 233. The van der Waals surface area contributed by atoms with Crippen molar-refractivity contribution in [3.05, 3.63) is 17.4 Å². The molecule has 1 N–H and O–H groups in total. The van der Waals surface area contributed by atoms with Crippen molar-refractivity contribution < 1.29 is 4.21 Å². The van der Waals surface area contributed by atoms with Crippen LogP contribution in [0.4, 0.5) is 0 Å². The van der Waals surface area contributed by atoms with Gasteiger partial charge in [-0.05, 0) is 0 Å². The first-order chi connectivity index (χ1) is 3.93. The van der Waals surface area contributed by atoms with E-state index in [1.165, 1.54) is 12.7 Å². The van der Waals surface area contributed by atoms with Crippen LogP contribution in [-0.4, -0.2) is 19.2 Å². The van der Waals surface area contributed by atoms with Crippen LogP contribution in [0.2, 0.25) is 0 Å². The number of H-pyrrole nitrogens is 1. The van der Waals surface area contributed by atoms with E-state index in [1.807, 2.05) is 0 Å².